The van der Waals surface area contributed by atoms with Crippen LogP contribution >= 0.6 is 0 Å². The fraction of sp³-hybridized carbons (Fsp3) is 1.00. The largest absolute Gasteiger partial charge is 0.317 e. The summed E-state index contributed by atoms with van der Waals surface area (Å²) in [6.45, 7) is 0. The molecule has 2 aliphatic carbocycles. The first-order valence-corrected chi connectivity index (χ1v) is 6.13. The summed E-state index contributed by atoms with van der Waals surface area (Å²) in [5, 5.41) is 3.16. The molecule has 0 radical (unpaired) electrons. The number of hydrogen-bond donors (Lipinski definition) is 1. The molecule has 2 fully saturated rings. The summed E-state index contributed by atoms with van der Waals surface area (Å²) in [5.41, 5.74) is 0.00150. The van der Waals surface area contributed by atoms with Crippen LogP contribution < -0.4 is 5.32 Å². The van der Waals surface area contributed by atoms with Crippen molar-refractivity contribution in [3.8, 4) is 0 Å². The Bertz CT molecular complexity index is 212. The molecule has 0 aliphatic heterocycles. The quantitative estimate of drug-likeness (QED) is 0.749. The van der Waals surface area contributed by atoms with Gasteiger partial charge >= 0.3 is 0 Å². The van der Waals surface area contributed by atoms with Crippen molar-refractivity contribution in [2.75, 3.05) is 7.05 Å². The van der Waals surface area contributed by atoms with E-state index in [1.807, 2.05) is 7.05 Å². The van der Waals surface area contributed by atoms with Crippen LogP contribution in [0.1, 0.15) is 44.9 Å². The normalized spacial score (nSPS) is 35.2. The molecule has 0 aromatic heterocycles. The number of nitrogens with one attached hydrogen (secondary N) is 1. The van der Waals surface area contributed by atoms with Crippen LogP contribution in [0.25, 0.3) is 0 Å². The zero-order valence-electron chi connectivity index (χ0n) is 9.44. The van der Waals surface area contributed by atoms with Crippen LogP contribution in [-0.2, 0) is 0 Å². The van der Waals surface area contributed by atoms with Crippen molar-refractivity contribution in [1.29, 1.82) is 0 Å². The number of alkyl halides is 2. The molecule has 0 saturated heterocycles. The van der Waals surface area contributed by atoms with Crippen LogP contribution in [0.5, 0.6) is 0 Å². The van der Waals surface area contributed by atoms with Crippen LogP contribution in [0.2, 0.25) is 0 Å². The summed E-state index contributed by atoms with van der Waals surface area (Å²) < 4.78 is 26.2. The van der Waals surface area contributed by atoms with E-state index in [9.17, 15) is 8.78 Å². The molecule has 1 spiro atoms. The van der Waals surface area contributed by atoms with Crippen LogP contribution in [-0.4, -0.2) is 19.5 Å². The van der Waals surface area contributed by atoms with E-state index in [1.54, 1.807) is 0 Å². The number of halogens is 2. The molecule has 1 nitrogen and oxygen atoms in total. The van der Waals surface area contributed by atoms with Crippen molar-refractivity contribution in [3.63, 3.8) is 0 Å². The smallest absolute Gasteiger partial charge is 0.242 e. The SMILES string of the molecule is CNC1CCC2(CCCC2)C(C(F)F)C1. The Morgan fingerprint density at radius 2 is 1.87 bits per heavy atom. The molecule has 2 atom stereocenters. The minimum Gasteiger partial charge on any atom is -0.317 e. The predicted octanol–water partition coefficient (Wildman–Crippen LogP) is 3.20. The molecule has 1 N–H and O–H groups in total. The van der Waals surface area contributed by atoms with Crippen LogP contribution in [0, 0.1) is 11.3 Å². The van der Waals surface area contributed by atoms with Gasteiger partial charge in [-0.25, -0.2) is 8.78 Å². The highest BCUT2D eigenvalue weighted by Crippen LogP contribution is 2.54. The van der Waals surface area contributed by atoms with Gasteiger partial charge in [0.25, 0.3) is 0 Å². The molecule has 88 valence electrons. The van der Waals surface area contributed by atoms with Gasteiger partial charge in [-0.15, -0.1) is 0 Å². The van der Waals surface area contributed by atoms with Crippen LogP contribution in [0.15, 0.2) is 0 Å². The molecule has 0 amide bonds. The highest BCUT2D eigenvalue weighted by molar-refractivity contribution is 4.97. The van der Waals surface area contributed by atoms with E-state index in [0.717, 1.165) is 38.5 Å². The lowest BCUT2D eigenvalue weighted by atomic mass is 9.64. The van der Waals surface area contributed by atoms with Gasteiger partial charge in [0.2, 0.25) is 6.43 Å². The Hall–Kier alpha value is -0.180. The Morgan fingerprint density at radius 1 is 1.20 bits per heavy atom. The summed E-state index contributed by atoms with van der Waals surface area (Å²) in [6, 6.07) is 0.315. The van der Waals surface area contributed by atoms with E-state index in [0.29, 0.717) is 12.5 Å². The van der Waals surface area contributed by atoms with Gasteiger partial charge in [0, 0.05) is 12.0 Å². The standard InChI is InChI=1S/C12H21F2N/c1-15-9-4-7-12(5-2-3-6-12)10(8-9)11(13)14/h9-11,15H,2-8H2,1H3. The van der Waals surface area contributed by atoms with Gasteiger partial charge in [0.05, 0.1) is 0 Å². The summed E-state index contributed by atoms with van der Waals surface area (Å²) in [4.78, 5) is 0. The van der Waals surface area contributed by atoms with Crippen LogP contribution in [0.3, 0.4) is 0 Å². The van der Waals surface area contributed by atoms with Crippen molar-refractivity contribution in [2.24, 2.45) is 11.3 Å². The Kier molecular flexibility index (Phi) is 3.29. The van der Waals surface area contributed by atoms with Gasteiger partial charge < -0.3 is 5.32 Å². The average Bonchev–Trinajstić information content (AvgIpc) is 2.68. The lowest BCUT2D eigenvalue weighted by Gasteiger charge is -2.44. The monoisotopic (exact) mass is 217 g/mol. The van der Waals surface area contributed by atoms with Crippen molar-refractivity contribution in [3.05, 3.63) is 0 Å². The highest BCUT2D eigenvalue weighted by Gasteiger charge is 2.48. The molecular formula is C12H21F2N. The van der Waals surface area contributed by atoms with E-state index < -0.39 is 6.43 Å². The van der Waals surface area contributed by atoms with Gasteiger partial charge in [-0.3, -0.25) is 0 Å². The number of rotatable bonds is 2. The molecule has 2 aliphatic rings. The molecular weight excluding hydrogens is 196 g/mol. The van der Waals surface area contributed by atoms with Gasteiger partial charge in [0.15, 0.2) is 0 Å². The maximum absolute atomic E-state index is 13.1. The lowest BCUT2D eigenvalue weighted by Crippen LogP contribution is -2.44. The molecule has 0 aromatic carbocycles. The van der Waals surface area contributed by atoms with Gasteiger partial charge in [-0.1, -0.05) is 12.8 Å². The molecule has 3 heteroatoms. The minimum atomic E-state index is -2.13. The summed E-state index contributed by atoms with van der Waals surface area (Å²) in [7, 11) is 1.89. The van der Waals surface area contributed by atoms with Gasteiger partial charge in [-0.05, 0) is 44.6 Å². The third kappa shape index (κ3) is 2.03. The molecule has 2 unspecified atom stereocenters. The molecule has 0 bridgehead atoms. The maximum atomic E-state index is 13.1. The molecule has 2 rings (SSSR count). The zero-order chi connectivity index (χ0) is 10.9. The van der Waals surface area contributed by atoms with E-state index >= 15 is 0 Å². The Morgan fingerprint density at radius 3 is 2.40 bits per heavy atom. The van der Waals surface area contributed by atoms with E-state index in [2.05, 4.69) is 5.32 Å². The second-order valence-corrected chi connectivity index (χ2v) is 5.27. The summed E-state index contributed by atoms with van der Waals surface area (Å²) in [6.07, 6.45) is 5.04. The van der Waals surface area contributed by atoms with E-state index in [-0.39, 0.29) is 11.3 Å². The van der Waals surface area contributed by atoms with Crippen LogP contribution in [0.4, 0.5) is 8.78 Å². The third-order valence-electron chi connectivity index (χ3n) is 4.63. The fourth-order valence-corrected chi connectivity index (χ4v) is 3.65. The number of hydrogen-bond acceptors (Lipinski definition) is 1. The third-order valence-corrected chi connectivity index (χ3v) is 4.63. The predicted molar refractivity (Wildman–Crippen MR) is 57.1 cm³/mol. The Labute approximate surface area is 90.6 Å². The first kappa shape index (κ1) is 11.3. The van der Waals surface area contributed by atoms with Gasteiger partial charge in [-0.2, -0.15) is 0 Å². The molecule has 15 heavy (non-hydrogen) atoms. The summed E-state index contributed by atoms with van der Waals surface area (Å²) >= 11 is 0. The van der Waals surface area contributed by atoms with E-state index in [1.165, 1.54) is 0 Å². The average molecular weight is 217 g/mol. The second kappa shape index (κ2) is 4.36. The van der Waals surface area contributed by atoms with Crippen molar-refractivity contribution in [1.82, 2.24) is 5.32 Å². The lowest BCUT2D eigenvalue weighted by molar-refractivity contribution is -0.0408. The molecule has 0 heterocycles. The van der Waals surface area contributed by atoms with E-state index in [4.69, 9.17) is 0 Å². The Balaban J connectivity index is 2.10. The highest BCUT2D eigenvalue weighted by atomic mass is 19.3. The van der Waals surface area contributed by atoms with Crippen molar-refractivity contribution >= 4 is 0 Å². The van der Waals surface area contributed by atoms with Crippen molar-refractivity contribution in [2.45, 2.75) is 57.4 Å². The topological polar surface area (TPSA) is 12.0 Å². The molecule has 2 saturated carbocycles. The summed E-state index contributed by atoms with van der Waals surface area (Å²) in [5.74, 6) is -0.355. The first-order chi connectivity index (χ1) is 7.18. The maximum Gasteiger partial charge on any atom is 0.242 e. The van der Waals surface area contributed by atoms with Gasteiger partial charge in [0.1, 0.15) is 0 Å². The molecule has 0 aromatic rings. The zero-order valence-corrected chi connectivity index (χ0v) is 9.44. The van der Waals surface area contributed by atoms with Crippen molar-refractivity contribution < 1.29 is 8.78 Å². The first-order valence-electron chi connectivity index (χ1n) is 6.13. The second-order valence-electron chi connectivity index (χ2n) is 5.27. The fourth-order valence-electron chi connectivity index (χ4n) is 3.65. The minimum absolute atomic E-state index is 0.00150.